The second kappa shape index (κ2) is 9.56. The summed E-state index contributed by atoms with van der Waals surface area (Å²) < 4.78 is 14.1. The smallest absolute Gasteiger partial charge is 0.319 e. The van der Waals surface area contributed by atoms with E-state index in [1.165, 1.54) is 12.1 Å². The molecule has 1 atom stereocenters. The molecule has 3 N–H and O–H groups in total. The van der Waals surface area contributed by atoms with Gasteiger partial charge in [-0.2, -0.15) is 0 Å². The number of nitrogens with one attached hydrogen (secondary N) is 3. The van der Waals surface area contributed by atoms with Crippen LogP contribution in [0, 0.1) is 5.82 Å². The Morgan fingerprint density at radius 1 is 1.12 bits per heavy atom. The number of benzene rings is 2. The molecule has 2 aromatic rings. The average Bonchev–Trinajstić information content (AvgIpc) is 2.79. The second-order valence-corrected chi connectivity index (χ2v) is 8.36. The third kappa shape index (κ3) is 5.02. The summed E-state index contributed by atoms with van der Waals surface area (Å²) in [5.74, 6) is -0.312. The molecular weight excluding hydrogens is 409 g/mol. The van der Waals surface area contributed by atoms with Gasteiger partial charge >= 0.3 is 6.03 Å². The van der Waals surface area contributed by atoms with E-state index in [9.17, 15) is 14.0 Å². The van der Waals surface area contributed by atoms with Crippen LogP contribution in [0.3, 0.4) is 0 Å². The predicted molar refractivity (Wildman–Crippen MR) is 125 cm³/mol. The molecule has 7 nitrogen and oxygen atoms in total. The first kappa shape index (κ1) is 22.1. The van der Waals surface area contributed by atoms with Crippen LogP contribution in [0.15, 0.2) is 36.4 Å². The molecule has 8 heteroatoms. The van der Waals surface area contributed by atoms with Crippen LogP contribution in [-0.2, 0) is 11.2 Å². The molecular formula is C24H30FN5O2. The zero-order chi connectivity index (χ0) is 22.7. The molecule has 0 radical (unpaired) electrons. The zero-order valence-electron chi connectivity index (χ0n) is 18.6. The molecule has 0 aliphatic carbocycles. The average molecular weight is 440 g/mol. The summed E-state index contributed by atoms with van der Waals surface area (Å²) in [5.41, 5.74) is 4.15. The molecule has 0 aromatic heterocycles. The van der Waals surface area contributed by atoms with Crippen LogP contribution < -0.4 is 20.9 Å². The normalized spacial score (nSPS) is 17.3. The number of carbonyl (C=O) groups excluding carboxylic acids is 2. The Morgan fingerprint density at radius 3 is 2.66 bits per heavy atom. The van der Waals surface area contributed by atoms with Crippen molar-refractivity contribution in [2.75, 3.05) is 48.3 Å². The van der Waals surface area contributed by atoms with Gasteiger partial charge in [0.05, 0.1) is 6.04 Å². The van der Waals surface area contributed by atoms with Crippen molar-refractivity contribution >= 4 is 29.0 Å². The highest BCUT2D eigenvalue weighted by Gasteiger charge is 2.22. The van der Waals surface area contributed by atoms with Gasteiger partial charge in [0, 0.05) is 55.2 Å². The molecule has 0 saturated carbocycles. The summed E-state index contributed by atoms with van der Waals surface area (Å²) >= 11 is 0. The first-order valence-electron chi connectivity index (χ1n) is 11.2. The number of likely N-dealkylation sites (N-methyl/N-ethyl adjacent to an activating group) is 1. The Kier molecular flexibility index (Phi) is 6.60. The van der Waals surface area contributed by atoms with Gasteiger partial charge < -0.3 is 25.8 Å². The fourth-order valence-electron chi connectivity index (χ4n) is 4.37. The quantitative estimate of drug-likeness (QED) is 0.664. The lowest BCUT2D eigenvalue weighted by atomic mass is 10.0. The zero-order valence-corrected chi connectivity index (χ0v) is 18.6. The molecule has 2 aliphatic rings. The van der Waals surface area contributed by atoms with Crippen molar-refractivity contribution in [3.05, 3.63) is 53.3 Å². The van der Waals surface area contributed by atoms with E-state index in [0.717, 1.165) is 55.2 Å². The molecule has 32 heavy (non-hydrogen) atoms. The van der Waals surface area contributed by atoms with E-state index in [0.29, 0.717) is 18.5 Å². The third-order valence-corrected chi connectivity index (χ3v) is 6.22. The minimum absolute atomic E-state index is 0.00628. The van der Waals surface area contributed by atoms with Crippen LogP contribution in [0.5, 0.6) is 0 Å². The summed E-state index contributed by atoms with van der Waals surface area (Å²) in [7, 11) is 0. The summed E-state index contributed by atoms with van der Waals surface area (Å²) in [6.45, 7) is 8.72. The van der Waals surface area contributed by atoms with Gasteiger partial charge in [-0.05, 0) is 61.9 Å². The Balaban J connectivity index is 1.43. The molecule has 3 amide bonds. The maximum absolute atomic E-state index is 14.1. The van der Waals surface area contributed by atoms with Gasteiger partial charge in [0.15, 0.2) is 0 Å². The van der Waals surface area contributed by atoms with Crippen molar-refractivity contribution in [3.8, 4) is 0 Å². The number of urea groups is 1. The van der Waals surface area contributed by atoms with Crippen LogP contribution >= 0.6 is 0 Å². The van der Waals surface area contributed by atoms with Crippen molar-refractivity contribution in [2.45, 2.75) is 32.7 Å². The van der Waals surface area contributed by atoms with E-state index in [1.54, 1.807) is 18.2 Å². The van der Waals surface area contributed by atoms with Gasteiger partial charge in [-0.15, -0.1) is 0 Å². The fourth-order valence-corrected chi connectivity index (χ4v) is 4.37. The highest BCUT2D eigenvalue weighted by molar-refractivity contribution is 5.95. The Morgan fingerprint density at radius 2 is 1.91 bits per heavy atom. The number of hydrogen-bond acceptors (Lipinski definition) is 4. The SMILES string of the molecule is CCN1CCN(c2ccc(F)cc2C(C)NC(=O)Nc2ccc3c(c2)CCC(=O)N3)CC1. The maximum Gasteiger partial charge on any atom is 0.319 e. The summed E-state index contributed by atoms with van der Waals surface area (Å²) in [6.07, 6.45) is 1.08. The van der Waals surface area contributed by atoms with E-state index in [4.69, 9.17) is 0 Å². The number of halogens is 1. The van der Waals surface area contributed by atoms with Crippen molar-refractivity contribution in [1.29, 1.82) is 0 Å². The van der Waals surface area contributed by atoms with Gasteiger partial charge in [-0.25, -0.2) is 9.18 Å². The number of hydrogen-bond donors (Lipinski definition) is 3. The molecule has 1 unspecified atom stereocenters. The Bertz CT molecular complexity index is 1000. The van der Waals surface area contributed by atoms with Crippen molar-refractivity contribution in [2.24, 2.45) is 0 Å². The van der Waals surface area contributed by atoms with E-state index in [-0.39, 0.29) is 23.8 Å². The molecule has 170 valence electrons. The van der Waals surface area contributed by atoms with Crippen LogP contribution in [0.25, 0.3) is 0 Å². The highest BCUT2D eigenvalue weighted by atomic mass is 19.1. The lowest BCUT2D eigenvalue weighted by molar-refractivity contribution is -0.116. The molecule has 2 heterocycles. The standard InChI is InChI=1S/C24H30FN5O2/c1-3-29-10-12-30(13-11-29)22-8-5-18(25)15-20(22)16(2)26-24(32)27-19-6-7-21-17(14-19)4-9-23(31)28-21/h5-8,14-16H,3-4,9-13H2,1-2H3,(H,28,31)(H2,26,27,32). The number of carbonyl (C=O) groups is 2. The van der Waals surface area contributed by atoms with Crippen LogP contribution in [0.4, 0.5) is 26.2 Å². The van der Waals surface area contributed by atoms with E-state index in [2.05, 4.69) is 32.7 Å². The van der Waals surface area contributed by atoms with Gasteiger partial charge in [-0.1, -0.05) is 6.92 Å². The summed E-state index contributed by atoms with van der Waals surface area (Å²) in [5, 5.41) is 8.62. The Hall–Kier alpha value is -3.13. The second-order valence-electron chi connectivity index (χ2n) is 8.36. The van der Waals surface area contributed by atoms with Crippen molar-refractivity contribution in [1.82, 2.24) is 10.2 Å². The number of piperazine rings is 1. The monoisotopic (exact) mass is 439 g/mol. The molecule has 2 aromatic carbocycles. The van der Waals surface area contributed by atoms with E-state index in [1.807, 2.05) is 13.0 Å². The lowest BCUT2D eigenvalue weighted by Crippen LogP contribution is -2.46. The minimum atomic E-state index is -0.373. The third-order valence-electron chi connectivity index (χ3n) is 6.22. The molecule has 2 aliphatic heterocycles. The summed E-state index contributed by atoms with van der Waals surface area (Å²) in [4.78, 5) is 28.8. The molecule has 1 fully saturated rings. The fraction of sp³-hybridized carbons (Fsp3) is 0.417. The minimum Gasteiger partial charge on any atom is -0.369 e. The molecule has 0 bridgehead atoms. The molecule has 0 spiro atoms. The number of nitrogens with zero attached hydrogens (tertiary/aromatic N) is 2. The van der Waals surface area contributed by atoms with Gasteiger partial charge in [0.1, 0.15) is 5.82 Å². The van der Waals surface area contributed by atoms with Gasteiger partial charge in [0.25, 0.3) is 0 Å². The molecule has 4 rings (SSSR count). The first-order chi connectivity index (χ1) is 15.4. The predicted octanol–water partition coefficient (Wildman–Crippen LogP) is 3.74. The van der Waals surface area contributed by atoms with Crippen LogP contribution in [0.2, 0.25) is 0 Å². The number of rotatable bonds is 5. The summed E-state index contributed by atoms with van der Waals surface area (Å²) in [6, 6.07) is 9.49. The first-order valence-corrected chi connectivity index (χ1v) is 11.2. The maximum atomic E-state index is 14.1. The highest BCUT2D eigenvalue weighted by Crippen LogP contribution is 2.29. The van der Waals surface area contributed by atoms with Gasteiger partial charge in [0.2, 0.25) is 5.91 Å². The number of amides is 3. The number of fused-ring (bicyclic) bond motifs is 1. The van der Waals surface area contributed by atoms with E-state index < -0.39 is 0 Å². The number of aryl methyl sites for hydroxylation is 1. The number of anilines is 3. The molecule has 1 saturated heterocycles. The van der Waals surface area contributed by atoms with Crippen molar-refractivity contribution in [3.63, 3.8) is 0 Å². The van der Waals surface area contributed by atoms with E-state index >= 15 is 0 Å². The van der Waals surface area contributed by atoms with Gasteiger partial charge in [-0.3, -0.25) is 4.79 Å². The van der Waals surface area contributed by atoms with Crippen LogP contribution in [0.1, 0.15) is 37.4 Å². The Labute approximate surface area is 188 Å². The topological polar surface area (TPSA) is 76.7 Å². The largest absolute Gasteiger partial charge is 0.369 e. The van der Waals surface area contributed by atoms with Crippen LogP contribution in [-0.4, -0.2) is 49.6 Å². The van der Waals surface area contributed by atoms with Crippen molar-refractivity contribution < 1.29 is 14.0 Å². The lowest BCUT2D eigenvalue weighted by Gasteiger charge is -2.37.